The monoisotopic (exact) mass is 395 g/mol. The predicted octanol–water partition coefficient (Wildman–Crippen LogP) is 4.14. The predicted molar refractivity (Wildman–Crippen MR) is 120 cm³/mol. The van der Waals surface area contributed by atoms with Crippen LogP contribution in [0.15, 0.2) is 48.5 Å². The minimum atomic E-state index is 0.153. The lowest BCUT2D eigenvalue weighted by molar-refractivity contribution is -0.131. The van der Waals surface area contributed by atoms with Gasteiger partial charge in [-0.1, -0.05) is 45.0 Å². The molecule has 0 unspecified atom stereocenters. The number of methoxy groups -OCH3 is 1. The van der Waals surface area contributed by atoms with Crippen LogP contribution in [0.3, 0.4) is 0 Å². The molecule has 1 aliphatic heterocycles. The minimum Gasteiger partial charge on any atom is -0.495 e. The summed E-state index contributed by atoms with van der Waals surface area (Å²) in [5.41, 5.74) is 3.63. The van der Waals surface area contributed by atoms with Crippen molar-refractivity contribution in [1.82, 2.24) is 4.90 Å². The molecule has 1 fully saturated rings. The van der Waals surface area contributed by atoms with Gasteiger partial charge in [-0.15, -0.1) is 0 Å². The molecule has 1 N–H and O–H groups in total. The first-order valence-electron chi connectivity index (χ1n) is 10.4. The van der Waals surface area contributed by atoms with Gasteiger partial charge in [0.1, 0.15) is 5.75 Å². The van der Waals surface area contributed by atoms with Crippen molar-refractivity contribution in [3.05, 3.63) is 54.1 Å². The second-order valence-electron chi connectivity index (χ2n) is 8.54. The molecule has 2 aromatic rings. The lowest BCUT2D eigenvalue weighted by Crippen LogP contribution is -2.49. The van der Waals surface area contributed by atoms with Crippen LogP contribution in [0.25, 0.3) is 0 Å². The van der Waals surface area contributed by atoms with Crippen molar-refractivity contribution in [1.29, 1.82) is 0 Å². The van der Waals surface area contributed by atoms with Gasteiger partial charge < -0.3 is 19.9 Å². The van der Waals surface area contributed by atoms with E-state index in [0.717, 1.165) is 43.3 Å². The molecule has 0 aliphatic carbocycles. The third-order valence-corrected chi connectivity index (χ3v) is 5.48. The first-order valence-corrected chi connectivity index (χ1v) is 10.4. The summed E-state index contributed by atoms with van der Waals surface area (Å²) in [6.07, 6.45) is 0.510. The molecule has 3 rings (SSSR count). The van der Waals surface area contributed by atoms with Gasteiger partial charge in [-0.05, 0) is 35.2 Å². The molecule has 1 amide bonds. The van der Waals surface area contributed by atoms with Crippen LogP contribution in [0, 0.1) is 0 Å². The number of benzene rings is 2. The van der Waals surface area contributed by atoms with Crippen LogP contribution in [-0.2, 0) is 10.2 Å². The van der Waals surface area contributed by atoms with Crippen molar-refractivity contribution in [2.45, 2.75) is 32.6 Å². The summed E-state index contributed by atoms with van der Waals surface area (Å²) in [6.45, 7) is 10.4. The van der Waals surface area contributed by atoms with E-state index in [1.54, 1.807) is 7.11 Å². The number of rotatable bonds is 6. The van der Waals surface area contributed by atoms with Crippen molar-refractivity contribution < 1.29 is 9.53 Å². The van der Waals surface area contributed by atoms with E-state index >= 15 is 0 Å². The van der Waals surface area contributed by atoms with Gasteiger partial charge in [0.05, 0.1) is 12.8 Å². The van der Waals surface area contributed by atoms with E-state index in [1.165, 1.54) is 5.56 Å². The van der Waals surface area contributed by atoms with Gasteiger partial charge in [0, 0.05) is 44.8 Å². The first-order chi connectivity index (χ1) is 13.9. The summed E-state index contributed by atoms with van der Waals surface area (Å²) in [4.78, 5) is 16.8. The first kappa shape index (κ1) is 21.0. The third-order valence-electron chi connectivity index (χ3n) is 5.48. The van der Waals surface area contributed by atoms with Gasteiger partial charge in [-0.25, -0.2) is 0 Å². The number of hydrogen-bond acceptors (Lipinski definition) is 4. The highest BCUT2D eigenvalue weighted by Gasteiger charge is 2.22. The summed E-state index contributed by atoms with van der Waals surface area (Å²) < 4.78 is 5.46. The number of para-hydroxylation sites is 2. The Balaban J connectivity index is 1.44. The Morgan fingerprint density at radius 2 is 1.66 bits per heavy atom. The zero-order valence-electron chi connectivity index (χ0n) is 18.1. The zero-order valence-corrected chi connectivity index (χ0v) is 18.1. The summed E-state index contributed by atoms with van der Waals surface area (Å²) in [5, 5.41) is 3.37. The van der Waals surface area contributed by atoms with Crippen molar-refractivity contribution in [3.63, 3.8) is 0 Å². The van der Waals surface area contributed by atoms with E-state index in [2.05, 4.69) is 61.3 Å². The smallest absolute Gasteiger partial charge is 0.224 e. The Labute approximate surface area is 174 Å². The van der Waals surface area contributed by atoms with Gasteiger partial charge in [0.15, 0.2) is 0 Å². The summed E-state index contributed by atoms with van der Waals surface area (Å²) in [6, 6.07) is 16.6. The molecule has 156 valence electrons. The number of anilines is 2. The molecule has 0 saturated carbocycles. The minimum absolute atomic E-state index is 0.153. The van der Waals surface area contributed by atoms with E-state index in [4.69, 9.17) is 4.74 Å². The Hall–Kier alpha value is -2.69. The highest BCUT2D eigenvalue weighted by atomic mass is 16.5. The highest BCUT2D eigenvalue weighted by Crippen LogP contribution is 2.28. The van der Waals surface area contributed by atoms with Crippen LogP contribution in [0.1, 0.15) is 32.8 Å². The molecular formula is C24H33N3O2. The van der Waals surface area contributed by atoms with Crippen LogP contribution >= 0.6 is 0 Å². The van der Waals surface area contributed by atoms with E-state index in [1.807, 2.05) is 23.1 Å². The molecule has 5 heteroatoms. The Kier molecular flexibility index (Phi) is 6.68. The second-order valence-corrected chi connectivity index (χ2v) is 8.54. The average molecular weight is 396 g/mol. The van der Waals surface area contributed by atoms with Crippen LogP contribution in [-0.4, -0.2) is 50.6 Å². The molecule has 0 atom stereocenters. The lowest BCUT2D eigenvalue weighted by atomic mass is 9.87. The van der Waals surface area contributed by atoms with Crippen molar-refractivity contribution in [2.24, 2.45) is 0 Å². The topological polar surface area (TPSA) is 44.8 Å². The number of carbonyl (C=O) groups is 1. The molecule has 1 heterocycles. The van der Waals surface area contributed by atoms with Crippen LogP contribution in [0.5, 0.6) is 5.75 Å². The fourth-order valence-corrected chi connectivity index (χ4v) is 3.65. The van der Waals surface area contributed by atoms with Gasteiger partial charge in [-0.3, -0.25) is 4.79 Å². The molecule has 5 nitrogen and oxygen atoms in total. The fourth-order valence-electron chi connectivity index (χ4n) is 3.65. The maximum Gasteiger partial charge on any atom is 0.224 e. The average Bonchev–Trinajstić information content (AvgIpc) is 2.73. The Bertz CT molecular complexity index is 804. The molecule has 1 aliphatic rings. The molecule has 0 radical (unpaired) electrons. The summed E-state index contributed by atoms with van der Waals surface area (Å²) in [7, 11) is 1.70. The van der Waals surface area contributed by atoms with E-state index in [-0.39, 0.29) is 11.3 Å². The van der Waals surface area contributed by atoms with Crippen LogP contribution in [0.2, 0.25) is 0 Å². The number of amides is 1. The second kappa shape index (κ2) is 9.21. The molecule has 0 spiro atoms. The molecular weight excluding hydrogens is 362 g/mol. The molecule has 2 aromatic carbocycles. The SMILES string of the molecule is COc1ccccc1N1CCN(C(=O)CCNc2ccc(C(C)(C)C)cc2)CC1. The maximum atomic E-state index is 12.6. The maximum absolute atomic E-state index is 12.6. The molecule has 29 heavy (non-hydrogen) atoms. The number of nitrogens with zero attached hydrogens (tertiary/aromatic N) is 2. The lowest BCUT2D eigenvalue weighted by Gasteiger charge is -2.36. The Morgan fingerprint density at radius 3 is 2.28 bits per heavy atom. The summed E-state index contributed by atoms with van der Waals surface area (Å²) in [5.74, 6) is 1.09. The Morgan fingerprint density at radius 1 is 1.00 bits per heavy atom. The number of piperazine rings is 1. The van der Waals surface area contributed by atoms with Gasteiger partial charge in [-0.2, -0.15) is 0 Å². The van der Waals surface area contributed by atoms with Gasteiger partial charge in [0.25, 0.3) is 0 Å². The van der Waals surface area contributed by atoms with Gasteiger partial charge >= 0.3 is 0 Å². The molecule has 0 bridgehead atoms. The van der Waals surface area contributed by atoms with Crippen LogP contribution in [0.4, 0.5) is 11.4 Å². The zero-order chi connectivity index (χ0) is 20.9. The third kappa shape index (κ3) is 5.43. The van der Waals surface area contributed by atoms with Crippen molar-refractivity contribution >= 4 is 17.3 Å². The quantitative estimate of drug-likeness (QED) is 0.798. The van der Waals surface area contributed by atoms with Crippen molar-refractivity contribution in [2.75, 3.05) is 50.1 Å². The van der Waals surface area contributed by atoms with E-state index < -0.39 is 0 Å². The number of carbonyl (C=O) groups excluding carboxylic acids is 1. The molecule has 1 saturated heterocycles. The highest BCUT2D eigenvalue weighted by molar-refractivity contribution is 5.77. The normalized spacial score (nSPS) is 14.6. The van der Waals surface area contributed by atoms with Gasteiger partial charge in [0.2, 0.25) is 5.91 Å². The van der Waals surface area contributed by atoms with E-state index in [0.29, 0.717) is 13.0 Å². The van der Waals surface area contributed by atoms with Crippen molar-refractivity contribution in [3.8, 4) is 5.75 Å². The van der Waals surface area contributed by atoms with Crippen LogP contribution < -0.4 is 15.0 Å². The number of hydrogen-bond donors (Lipinski definition) is 1. The largest absolute Gasteiger partial charge is 0.495 e. The molecule has 0 aromatic heterocycles. The fraction of sp³-hybridized carbons (Fsp3) is 0.458. The standard InChI is InChI=1S/C24H33N3O2/c1-24(2,3)19-9-11-20(12-10-19)25-14-13-23(28)27-17-15-26(16-18-27)21-7-5-6-8-22(21)29-4/h5-12,25H,13-18H2,1-4H3. The summed E-state index contributed by atoms with van der Waals surface area (Å²) >= 11 is 0. The van der Waals surface area contributed by atoms with E-state index in [9.17, 15) is 4.79 Å². The number of nitrogens with one attached hydrogen (secondary N) is 1. The number of ether oxygens (including phenoxy) is 1.